The molecule has 1 aliphatic rings. The third kappa shape index (κ3) is 4.85. The molecule has 112 valence electrons. The number of halogens is 2. The first-order chi connectivity index (χ1) is 9.69. The Hall–Kier alpha value is -0.410. The highest BCUT2D eigenvalue weighted by Crippen LogP contribution is 2.28. The van der Waals surface area contributed by atoms with Crippen LogP contribution in [0.5, 0.6) is 0 Å². The summed E-state index contributed by atoms with van der Waals surface area (Å²) in [5, 5.41) is 3.65. The van der Waals surface area contributed by atoms with Gasteiger partial charge in [0.15, 0.2) is 0 Å². The molecule has 1 fully saturated rings. The van der Waals surface area contributed by atoms with Gasteiger partial charge in [0, 0.05) is 10.5 Å². The normalized spacial score (nSPS) is 23.6. The lowest BCUT2D eigenvalue weighted by Gasteiger charge is -2.21. The van der Waals surface area contributed by atoms with E-state index in [0.29, 0.717) is 12.0 Å². The van der Waals surface area contributed by atoms with Crippen LogP contribution in [0.3, 0.4) is 0 Å². The maximum Gasteiger partial charge on any atom is 0.127 e. The van der Waals surface area contributed by atoms with Gasteiger partial charge in [0.1, 0.15) is 5.82 Å². The van der Waals surface area contributed by atoms with E-state index in [-0.39, 0.29) is 5.82 Å². The number of benzene rings is 1. The molecule has 1 aromatic carbocycles. The SMILES string of the molecule is CCCNC1CCCCC(Cc2ccc(Br)cc2F)C1. The number of rotatable bonds is 5. The fraction of sp³-hybridized carbons (Fsp3) is 0.647. The monoisotopic (exact) mass is 341 g/mol. The van der Waals surface area contributed by atoms with Crippen molar-refractivity contribution in [2.75, 3.05) is 6.54 Å². The maximum absolute atomic E-state index is 14.0. The van der Waals surface area contributed by atoms with Crippen molar-refractivity contribution in [1.29, 1.82) is 0 Å². The van der Waals surface area contributed by atoms with Crippen LogP contribution in [0.25, 0.3) is 0 Å². The Kier molecular flexibility index (Phi) is 6.50. The van der Waals surface area contributed by atoms with Crippen LogP contribution >= 0.6 is 15.9 Å². The predicted molar refractivity (Wildman–Crippen MR) is 86.5 cm³/mol. The van der Waals surface area contributed by atoms with Gasteiger partial charge in [-0.15, -0.1) is 0 Å². The second kappa shape index (κ2) is 8.14. The first kappa shape index (κ1) is 16.0. The molecule has 1 saturated carbocycles. The molecule has 0 spiro atoms. The largest absolute Gasteiger partial charge is 0.314 e. The van der Waals surface area contributed by atoms with Crippen molar-refractivity contribution in [2.45, 2.75) is 57.9 Å². The maximum atomic E-state index is 14.0. The summed E-state index contributed by atoms with van der Waals surface area (Å²) >= 11 is 3.32. The van der Waals surface area contributed by atoms with E-state index < -0.39 is 0 Å². The molecular weight excluding hydrogens is 317 g/mol. The van der Waals surface area contributed by atoms with Crippen molar-refractivity contribution in [3.05, 3.63) is 34.1 Å². The number of hydrogen-bond acceptors (Lipinski definition) is 1. The van der Waals surface area contributed by atoms with Gasteiger partial charge in [0.2, 0.25) is 0 Å². The zero-order valence-corrected chi connectivity index (χ0v) is 13.9. The standard InChI is InChI=1S/C17H25BrFN/c1-2-9-20-16-6-4-3-5-13(11-16)10-14-7-8-15(18)12-17(14)19/h7-8,12-13,16,20H,2-6,9-11H2,1H3. The summed E-state index contributed by atoms with van der Waals surface area (Å²) in [5.74, 6) is 0.546. The summed E-state index contributed by atoms with van der Waals surface area (Å²) in [6.45, 7) is 3.31. The Bertz CT molecular complexity index is 421. The third-order valence-corrected chi connectivity index (χ3v) is 4.73. The highest BCUT2D eigenvalue weighted by molar-refractivity contribution is 9.10. The van der Waals surface area contributed by atoms with Crippen molar-refractivity contribution in [3.63, 3.8) is 0 Å². The lowest BCUT2D eigenvalue weighted by atomic mass is 9.91. The summed E-state index contributed by atoms with van der Waals surface area (Å²) in [6.07, 6.45) is 8.36. The van der Waals surface area contributed by atoms with E-state index in [2.05, 4.69) is 28.2 Å². The smallest absolute Gasteiger partial charge is 0.127 e. The molecule has 0 radical (unpaired) electrons. The Balaban J connectivity index is 1.96. The molecule has 1 aliphatic carbocycles. The van der Waals surface area contributed by atoms with E-state index in [0.717, 1.165) is 23.0 Å². The molecule has 0 amide bonds. The van der Waals surface area contributed by atoms with Gasteiger partial charge in [-0.25, -0.2) is 4.39 Å². The number of hydrogen-bond donors (Lipinski definition) is 1. The molecule has 0 aromatic heterocycles. The van der Waals surface area contributed by atoms with Gasteiger partial charge in [0.05, 0.1) is 0 Å². The van der Waals surface area contributed by atoms with Gasteiger partial charge in [-0.3, -0.25) is 0 Å². The van der Waals surface area contributed by atoms with Gasteiger partial charge in [0.25, 0.3) is 0 Å². The molecule has 2 unspecified atom stereocenters. The average Bonchev–Trinajstić information content (AvgIpc) is 2.65. The van der Waals surface area contributed by atoms with E-state index in [1.807, 2.05) is 12.1 Å². The van der Waals surface area contributed by atoms with Crippen LogP contribution in [0.2, 0.25) is 0 Å². The molecule has 2 rings (SSSR count). The molecule has 20 heavy (non-hydrogen) atoms. The van der Waals surface area contributed by atoms with E-state index in [1.165, 1.54) is 38.5 Å². The fourth-order valence-electron chi connectivity index (χ4n) is 3.18. The number of nitrogens with one attached hydrogen (secondary N) is 1. The minimum Gasteiger partial charge on any atom is -0.314 e. The minimum atomic E-state index is -0.0679. The third-order valence-electron chi connectivity index (χ3n) is 4.24. The molecule has 0 bridgehead atoms. The van der Waals surface area contributed by atoms with Crippen molar-refractivity contribution < 1.29 is 4.39 Å². The van der Waals surface area contributed by atoms with E-state index in [4.69, 9.17) is 0 Å². The summed E-state index contributed by atoms with van der Waals surface area (Å²) in [7, 11) is 0. The lowest BCUT2D eigenvalue weighted by molar-refractivity contribution is 0.380. The Labute approximate surface area is 130 Å². The second-order valence-corrected chi connectivity index (χ2v) is 6.89. The Morgan fingerprint density at radius 3 is 2.85 bits per heavy atom. The quantitative estimate of drug-likeness (QED) is 0.736. The van der Waals surface area contributed by atoms with Gasteiger partial charge in [-0.1, -0.05) is 48.2 Å². The average molecular weight is 342 g/mol. The summed E-state index contributed by atoms with van der Waals surface area (Å²) < 4.78 is 14.8. The summed E-state index contributed by atoms with van der Waals surface area (Å²) in [4.78, 5) is 0. The molecule has 3 heteroatoms. The van der Waals surface area contributed by atoms with Crippen molar-refractivity contribution in [1.82, 2.24) is 5.32 Å². The fourth-order valence-corrected chi connectivity index (χ4v) is 3.51. The van der Waals surface area contributed by atoms with Crippen molar-refractivity contribution >= 4 is 15.9 Å². The highest BCUT2D eigenvalue weighted by atomic mass is 79.9. The zero-order valence-electron chi connectivity index (χ0n) is 12.3. The van der Waals surface area contributed by atoms with Crippen LogP contribution in [0.15, 0.2) is 22.7 Å². The van der Waals surface area contributed by atoms with E-state index in [9.17, 15) is 4.39 Å². The predicted octanol–water partition coefficient (Wildman–Crippen LogP) is 5.08. The van der Waals surface area contributed by atoms with E-state index >= 15 is 0 Å². The Morgan fingerprint density at radius 2 is 2.10 bits per heavy atom. The van der Waals surface area contributed by atoms with Gasteiger partial charge >= 0.3 is 0 Å². The molecule has 0 heterocycles. The molecule has 1 N–H and O–H groups in total. The van der Waals surface area contributed by atoms with Crippen LogP contribution in [0.4, 0.5) is 4.39 Å². The first-order valence-electron chi connectivity index (χ1n) is 7.86. The lowest BCUT2D eigenvalue weighted by Crippen LogP contribution is -2.31. The Morgan fingerprint density at radius 1 is 1.30 bits per heavy atom. The van der Waals surface area contributed by atoms with Crippen molar-refractivity contribution in [3.8, 4) is 0 Å². The zero-order chi connectivity index (χ0) is 14.4. The topological polar surface area (TPSA) is 12.0 Å². The van der Waals surface area contributed by atoms with Crippen LogP contribution < -0.4 is 5.32 Å². The van der Waals surface area contributed by atoms with Crippen LogP contribution in [0.1, 0.15) is 51.0 Å². The van der Waals surface area contributed by atoms with Crippen LogP contribution in [0, 0.1) is 11.7 Å². The van der Waals surface area contributed by atoms with Crippen molar-refractivity contribution in [2.24, 2.45) is 5.92 Å². The summed E-state index contributed by atoms with van der Waals surface area (Å²) in [6, 6.07) is 6.08. The second-order valence-electron chi connectivity index (χ2n) is 5.98. The molecular formula is C17H25BrFN. The molecule has 0 saturated heterocycles. The summed E-state index contributed by atoms with van der Waals surface area (Å²) in [5.41, 5.74) is 0.870. The first-order valence-corrected chi connectivity index (χ1v) is 8.65. The molecule has 0 aliphatic heterocycles. The highest BCUT2D eigenvalue weighted by Gasteiger charge is 2.21. The molecule has 1 aromatic rings. The van der Waals surface area contributed by atoms with E-state index in [1.54, 1.807) is 6.07 Å². The van der Waals surface area contributed by atoms with Gasteiger partial charge in [-0.2, -0.15) is 0 Å². The molecule has 1 nitrogen and oxygen atoms in total. The van der Waals surface area contributed by atoms with Crippen LogP contribution in [-0.2, 0) is 6.42 Å². The van der Waals surface area contributed by atoms with Crippen LogP contribution in [-0.4, -0.2) is 12.6 Å². The van der Waals surface area contributed by atoms with Gasteiger partial charge in [-0.05, 0) is 55.8 Å². The minimum absolute atomic E-state index is 0.0679. The molecule has 2 atom stereocenters. The van der Waals surface area contributed by atoms with Gasteiger partial charge < -0.3 is 5.32 Å².